The number of sulfonamides is 1. The fourth-order valence-corrected chi connectivity index (χ4v) is 5.17. The van der Waals surface area contributed by atoms with Gasteiger partial charge in [0.1, 0.15) is 0 Å². The summed E-state index contributed by atoms with van der Waals surface area (Å²) in [6, 6.07) is 13.9. The molecular weight excluding hydrogens is 456 g/mol. The Hall–Kier alpha value is -2.33. The van der Waals surface area contributed by atoms with Gasteiger partial charge < -0.3 is 0 Å². The van der Waals surface area contributed by atoms with Crippen molar-refractivity contribution in [2.45, 2.75) is 43.5 Å². The summed E-state index contributed by atoms with van der Waals surface area (Å²) in [7, 11) is -3.92. The predicted octanol–water partition coefficient (Wildman–Crippen LogP) is 4.78. The molecule has 3 rings (SSSR count). The van der Waals surface area contributed by atoms with E-state index in [-0.39, 0.29) is 25.5 Å². The lowest BCUT2D eigenvalue weighted by Gasteiger charge is -2.20. The molecular formula is C21H23ClN4O3S2. The normalized spacial score (nSPS) is 13.1. The van der Waals surface area contributed by atoms with Crippen LogP contribution in [0.5, 0.6) is 0 Å². The van der Waals surface area contributed by atoms with Crippen molar-refractivity contribution in [3.8, 4) is 0 Å². The Bertz CT molecular complexity index is 1190. The topological polar surface area (TPSA) is 101 Å². The highest BCUT2D eigenvalue weighted by atomic mass is 35.5. The Morgan fingerprint density at radius 3 is 2.32 bits per heavy atom. The van der Waals surface area contributed by atoms with Crippen LogP contribution >= 0.6 is 22.9 Å². The minimum atomic E-state index is -3.92. The number of carbonyl (C=O) groups is 1. The molecule has 2 N–H and O–H groups in total. The molecule has 1 atom stereocenters. The highest BCUT2D eigenvalue weighted by molar-refractivity contribution is 7.91. The molecule has 7 nitrogen and oxygen atoms in total. The summed E-state index contributed by atoms with van der Waals surface area (Å²) in [5, 5.41) is 10.4. The van der Waals surface area contributed by atoms with E-state index in [2.05, 4.69) is 41.0 Å². The summed E-state index contributed by atoms with van der Waals surface area (Å²) in [5.41, 5.74) is 2.26. The van der Waals surface area contributed by atoms with E-state index in [9.17, 15) is 13.2 Å². The molecule has 1 aromatic heterocycles. The molecule has 0 saturated carbocycles. The van der Waals surface area contributed by atoms with Crippen LogP contribution in [0.15, 0.2) is 52.9 Å². The highest BCUT2D eigenvalue weighted by Gasteiger charge is 2.24. The average Bonchev–Trinajstić information content (AvgIpc) is 3.17. The van der Waals surface area contributed by atoms with Gasteiger partial charge in [0.2, 0.25) is 9.47 Å². The minimum absolute atomic E-state index is 0.0125. The molecule has 1 unspecified atom stereocenters. The van der Waals surface area contributed by atoms with Crippen molar-refractivity contribution < 1.29 is 13.2 Å². The number of anilines is 1. The van der Waals surface area contributed by atoms with E-state index >= 15 is 0 Å². The van der Waals surface area contributed by atoms with Gasteiger partial charge in [-0.25, -0.2) is 13.1 Å². The number of benzene rings is 2. The van der Waals surface area contributed by atoms with Gasteiger partial charge >= 0.3 is 0 Å². The van der Waals surface area contributed by atoms with Crippen molar-refractivity contribution in [1.82, 2.24) is 14.9 Å². The molecule has 0 aliphatic carbocycles. The number of halogens is 1. The van der Waals surface area contributed by atoms with Crippen LogP contribution in [-0.2, 0) is 15.4 Å². The number of nitrogens with one attached hydrogen (secondary N) is 2. The monoisotopic (exact) mass is 478 g/mol. The maximum Gasteiger partial charge on any atom is 0.270 e. The first-order valence-corrected chi connectivity index (χ1v) is 12.2. The number of hydrogen-bond acceptors (Lipinski definition) is 6. The molecule has 31 heavy (non-hydrogen) atoms. The van der Waals surface area contributed by atoms with Gasteiger partial charge in [0.25, 0.3) is 15.9 Å². The van der Waals surface area contributed by atoms with E-state index in [0.29, 0.717) is 0 Å². The van der Waals surface area contributed by atoms with Crippen LogP contribution in [0, 0.1) is 0 Å². The van der Waals surface area contributed by atoms with Crippen LogP contribution in [0.2, 0.25) is 5.02 Å². The largest absolute Gasteiger partial charge is 0.296 e. The lowest BCUT2D eigenvalue weighted by Crippen LogP contribution is -2.27. The third-order valence-electron chi connectivity index (χ3n) is 4.58. The Morgan fingerprint density at radius 1 is 1.06 bits per heavy atom. The Labute approximate surface area is 190 Å². The molecule has 2 aromatic carbocycles. The van der Waals surface area contributed by atoms with Crippen molar-refractivity contribution in [2.24, 2.45) is 0 Å². The maximum absolute atomic E-state index is 12.7. The van der Waals surface area contributed by atoms with Gasteiger partial charge in [0.15, 0.2) is 0 Å². The first kappa shape index (κ1) is 23.3. The van der Waals surface area contributed by atoms with Gasteiger partial charge in [-0.3, -0.25) is 10.1 Å². The van der Waals surface area contributed by atoms with Crippen LogP contribution in [0.25, 0.3) is 0 Å². The minimum Gasteiger partial charge on any atom is -0.296 e. The second-order valence-corrected chi connectivity index (χ2v) is 11.3. The van der Waals surface area contributed by atoms with Crippen LogP contribution in [0.3, 0.4) is 0 Å². The summed E-state index contributed by atoms with van der Waals surface area (Å²) >= 11 is 6.78. The van der Waals surface area contributed by atoms with Gasteiger partial charge in [-0.05, 0) is 35.6 Å². The molecule has 0 spiro atoms. The number of aromatic nitrogens is 2. The summed E-state index contributed by atoms with van der Waals surface area (Å²) in [6.07, 6.45) is 0. The molecule has 0 radical (unpaired) electrons. The zero-order valence-electron chi connectivity index (χ0n) is 17.5. The van der Waals surface area contributed by atoms with Gasteiger partial charge in [0, 0.05) is 6.04 Å². The molecule has 0 aliphatic rings. The number of nitrogens with zero attached hydrogens (tertiary/aromatic N) is 2. The van der Waals surface area contributed by atoms with Crippen molar-refractivity contribution in [1.29, 1.82) is 0 Å². The third-order valence-corrected chi connectivity index (χ3v) is 7.66. The molecule has 3 aromatic rings. The Kier molecular flexibility index (Phi) is 6.80. The SMILES string of the molecule is CC(NS(=O)(=O)c1nnc(NC(=O)c2ccccc2Cl)s1)c1ccc(C(C)(C)C)cc1. The molecule has 1 amide bonds. The lowest BCUT2D eigenvalue weighted by atomic mass is 9.86. The van der Waals surface area contributed by atoms with Crippen molar-refractivity contribution in [3.63, 3.8) is 0 Å². The molecule has 0 aliphatic heterocycles. The van der Waals surface area contributed by atoms with E-state index in [1.54, 1.807) is 31.2 Å². The Morgan fingerprint density at radius 2 is 1.71 bits per heavy atom. The second-order valence-electron chi connectivity index (χ2n) is 8.02. The quantitative estimate of drug-likeness (QED) is 0.496. The van der Waals surface area contributed by atoms with Crippen LogP contribution in [-0.4, -0.2) is 24.5 Å². The van der Waals surface area contributed by atoms with Crippen LogP contribution in [0.4, 0.5) is 5.13 Å². The highest BCUT2D eigenvalue weighted by Crippen LogP contribution is 2.26. The number of rotatable bonds is 6. The lowest BCUT2D eigenvalue weighted by molar-refractivity contribution is 0.102. The first-order valence-electron chi connectivity index (χ1n) is 9.49. The standard InChI is InChI=1S/C21H23ClN4O3S2/c1-13(14-9-11-15(12-10-14)21(2,3)4)26-31(28,29)20-25-24-19(30-20)23-18(27)16-7-5-6-8-17(16)22/h5-13,26H,1-4H3,(H,23,24,27). The zero-order valence-corrected chi connectivity index (χ0v) is 19.9. The molecule has 0 fully saturated rings. The molecule has 1 heterocycles. The van der Waals surface area contributed by atoms with E-state index in [1.165, 1.54) is 0 Å². The fraction of sp³-hybridized carbons (Fsp3) is 0.286. The summed E-state index contributed by atoms with van der Waals surface area (Å²) < 4.78 is 27.8. The Balaban J connectivity index is 1.70. The number of carbonyl (C=O) groups excluding carboxylic acids is 1. The van der Waals surface area contributed by atoms with Crippen molar-refractivity contribution in [3.05, 3.63) is 70.2 Å². The van der Waals surface area contributed by atoms with Gasteiger partial charge in [-0.15, -0.1) is 10.2 Å². The van der Waals surface area contributed by atoms with E-state index in [1.807, 2.05) is 24.3 Å². The predicted molar refractivity (Wildman–Crippen MR) is 123 cm³/mol. The summed E-state index contributed by atoms with van der Waals surface area (Å²) in [5.74, 6) is -0.494. The molecule has 10 heteroatoms. The third kappa shape index (κ3) is 5.68. The smallest absolute Gasteiger partial charge is 0.270 e. The van der Waals surface area contributed by atoms with E-state index in [0.717, 1.165) is 22.5 Å². The van der Waals surface area contributed by atoms with Crippen LogP contribution < -0.4 is 10.0 Å². The first-order chi connectivity index (χ1) is 14.5. The van der Waals surface area contributed by atoms with Gasteiger partial charge in [-0.2, -0.15) is 0 Å². The summed E-state index contributed by atoms with van der Waals surface area (Å²) in [6.45, 7) is 8.11. The van der Waals surface area contributed by atoms with Gasteiger partial charge in [-0.1, -0.05) is 80.1 Å². The van der Waals surface area contributed by atoms with Crippen molar-refractivity contribution in [2.75, 3.05) is 5.32 Å². The fourth-order valence-electron chi connectivity index (χ4n) is 2.80. The van der Waals surface area contributed by atoms with Crippen molar-refractivity contribution >= 4 is 44.0 Å². The van der Waals surface area contributed by atoms with Gasteiger partial charge in [0.05, 0.1) is 10.6 Å². The second kappa shape index (κ2) is 9.04. The van der Waals surface area contributed by atoms with E-state index < -0.39 is 22.0 Å². The molecule has 164 valence electrons. The average molecular weight is 479 g/mol. The zero-order chi connectivity index (χ0) is 22.8. The molecule has 0 bridgehead atoms. The number of amides is 1. The van der Waals surface area contributed by atoms with E-state index in [4.69, 9.17) is 11.6 Å². The summed E-state index contributed by atoms with van der Waals surface area (Å²) in [4.78, 5) is 12.3. The maximum atomic E-state index is 12.7. The van der Waals surface area contributed by atoms with Crippen LogP contribution in [0.1, 0.15) is 55.2 Å². The molecule has 0 saturated heterocycles. The number of hydrogen-bond donors (Lipinski definition) is 2.